The minimum absolute atomic E-state index is 0.110. The molecule has 272 valence electrons. The van der Waals surface area contributed by atoms with Gasteiger partial charge in [0.2, 0.25) is 0 Å². The molecule has 9 nitrogen and oxygen atoms in total. The number of nitrogens with one attached hydrogen (secondary N) is 1. The molecule has 3 atom stereocenters. The number of para-hydroxylation sites is 2. The summed E-state index contributed by atoms with van der Waals surface area (Å²) in [6.07, 6.45) is -0.219. The molecule has 1 aromatic heterocycles. The van der Waals surface area contributed by atoms with E-state index in [9.17, 15) is 14.2 Å². The fourth-order valence-electron chi connectivity index (χ4n) is 6.70. The Labute approximate surface area is 314 Å². The first-order valence-corrected chi connectivity index (χ1v) is 21.4. The van der Waals surface area contributed by atoms with Gasteiger partial charge in [0, 0.05) is 18.2 Å². The zero-order chi connectivity index (χ0) is 37.1. The number of aromatic nitrogens is 2. The van der Waals surface area contributed by atoms with E-state index in [0.29, 0.717) is 5.56 Å². The van der Waals surface area contributed by atoms with Crippen molar-refractivity contribution in [1.82, 2.24) is 9.55 Å². The van der Waals surface area contributed by atoms with Crippen LogP contribution in [0.25, 0.3) is 0 Å². The Bertz CT molecular complexity index is 2080. The molecule has 0 saturated carbocycles. The Morgan fingerprint density at radius 3 is 1.83 bits per heavy atom. The second kappa shape index (κ2) is 15.6. The number of rotatable bonds is 12. The molecule has 6 rings (SSSR count). The summed E-state index contributed by atoms with van der Waals surface area (Å²) in [4.78, 5) is 27.8. The Morgan fingerprint density at radius 2 is 1.33 bits per heavy atom. The lowest BCUT2D eigenvalue weighted by Gasteiger charge is -2.45. The van der Waals surface area contributed by atoms with Gasteiger partial charge in [-0.15, -0.1) is 0 Å². The summed E-state index contributed by atoms with van der Waals surface area (Å²) in [6, 6.07) is 33.9. The Hall–Kier alpha value is -3.89. The predicted octanol–water partition coefficient (Wildman–Crippen LogP) is 8.13. The lowest BCUT2D eigenvalue weighted by Crippen LogP contribution is -2.68. The van der Waals surface area contributed by atoms with Gasteiger partial charge in [0.05, 0.1) is 28.4 Å². The van der Waals surface area contributed by atoms with E-state index in [1.165, 1.54) is 10.8 Å². The highest BCUT2D eigenvalue weighted by Crippen LogP contribution is 2.53. The third-order valence-electron chi connectivity index (χ3n) is 9.22. The second-order valence-electron chi connectivity index (χ2n) is 13.8. The van der Waals surface area contributed by atoms with E-state index >= 15 is 0 Å². The number of ether oxygens (including phenoxy) is 1. The number of aryl methyl sites for hydroxylation is 1. The van der Waals surface area contributed by atoms with Crippen LogP contribution in [0.3, 0.4) is 0 Å². The van der Waals surface area contributed by atoms with Crippen molar-refractivity contribution in [3.8, 4) is 11.5 Å². The Balaban J connectivity index is 1.42. The molecule has 2 heterocycles. The highest BCUT2D eigenvalue weighted by molar-refractivity contribution is 7.54. The summed E-state index contributed by atoms with van der Waals surface area (Å²) < 4.78 is 42.5. The van der Waals surface area contributed by atoms with E-state index < -0.39 is 45.6 Å². The molecule has 0 radical (unpaired) electrons. The molecule has 0 spiro atoms. The number of hydrogen-bond acceptors (Lipinski definition) is 7. The first-order valence-electron chi connectivity index (χ1n) is 17.0. The van der Waals surface area contributed by atoms with E-state index in [1.807, 2.05) is 36.4 Å². The maximum atomic E-state index is 14.8. The summed E-state index contributed by atoms with van der Waals surface area (Å²) >= 11 is 12.9. The molecule has 0 amide bonds. The largest absolute Gasteiger partial charge is 0.430 e. The van der Waals surface area contributed by atoms with Crippen LogP contribution in [-0.4, -0.2) is 36.2 Å². The normalized spacial score (nSPS) is 17.9. The molecule has 0 unspecified atom stereocenters. The van der Waals surface area contributed by atoms with Crippen LogP contribution in [0, 0.1) is 6.92 Å². The van der Waals surface area contributed by atoms with Crippen molar-refractivity contribution < 1.29 is 22.8 Å². The van der Waals surface area contributed by atoms with Crippen molar-refractivity contribution in [2.45, 2.75) is 64.0 Å². The highest BCUT2D eigenvalue weighted by Gasteiger charge is 2.54. The monoisotopic (exact) mass is 778 g/mol. The van der Waals surface area contributed by atoms with E-state index in [-0.39, 0.29) is 45.6 Å². The van der Waals surface area contributed by atoms with Crippen LogP contribution >= 0.6 is 30.8 Å². The lowest BCUT2D eigenvalue weighted by atomic mass is 10.1. The van der Waals surface area contributed by atoms with Gasteiger partial charge in [-0.3, -0.25) is 14.3 Å². The minimum Gasteiger partial charge on any atom is -0.414 e. The smallest absolute Gasteiger partial charge is 0.414 e. The number of hydrogen-bond donors (Lipinski definition) is 1. The van der Waals surface area contributed by atoms with E-state index in [0.717, 1.165) is 10.4 Å². The molecular weight excluding hydrogens is 738 g/mol. The van der Waals surface area contributed by atoms with Gasteiger partial charge >= 0.3 is 13.3 Å². The third-order valence-corrected chi connectivity index (χ3v) is 16.7. The van der Waals surface area contributed by atoms with Gasteiger partial charge in [0.1, 0.15) is 17.7 Å². The van der Waals surface area contributed by atoms with Crippen molar-refractivity contribution in [2.75, 3.05) is 6.16 Å². The number of halogens is 2. The zero-order valence-electron chi connectivity index (χ0n) is 29.3. The summed E-state index contributed by atoms with van der Waals surface area (Å²) in [6.45, 7) is 8.17. The molecule has 52 heavy (non-hydrogen) atoms. The maximum absolute atomic E-state index is 14.8. The molecule has 1 N–H and O–H groups in total. The summed E-state index contributed by atoms with van der Waals surface area (Å²) in [5, 5.41) is 2.32. The molecule has 13 heteroatoms. The Kier molecular flexibility index (Phi) is 11.4. The van der Waals surface area contributed by atoms with Gasteiger partial charge in [0.15, 0.2) is 0 Å². The first-order chi connectivity index (χ1) is 24.8. The summed E-state index contributed by atoms with van der Waals surface area (Å²) in [5.41, 5.74) is -0.701. The van der Waals surface area contributed by atoms with Crippen molar-refractivity contribution >= 4 is 49.5 Å². The van der Waals surface area contributed by atoms with Crippen molar-refractivity contribution in [3.05, 3.63) is 152 Å². The van der Waals surface area contributed by atoms with Gasteiger partial charge in [-0.2, -0.15) is 0 Å². The van der Waals surface area contributed by atoms with Crippen LogP contribution in [0.2, 0.25) is 15.1 Å². The highest BCUT2D eigenvalue weighted by atomic mass is 35.5. The number of H-pyrrole nitrogens is 1. The molecule has 1 aliphatic heterocycles. The third kappa shape index (κ3) is 8.03. The van der Waals surface area contributed by atoms with Crippen LogP contribution in [0.15, 0.2) is 125 Å². The number of benzene rings is 4. The molecule has 4 aromatic carbocycles. The van der Waals surface area contributed by atoms with Crippen molar-refractivity contribution in [1.29, 1.82) is 0 Å². The van der Waals surface area contributed by atoms with E-state index in [4.69, 9.17) is 41.4 Å². The van der Waals surface area contributed by atoms with Crippen LogP contribution < -0.4 is 30.7 Å². The second-order valence-corrected chi connectivity index (χ2v) is 20.9. The van der Waals surface area contributed by atoms with Crippen LogP contribution in [0.4, 0.5) is 0 Å². The molecule has 1 saturated heterocycles. The topological polar surface area (TPSA) is 109 Å². The van der Waals surface area contributed by atoms with E-state index in [1.54, 1.807) is 55.5 Å². The van der Waals surface area contributed by atoms with Gasteiger partial charge in [-0.05, 0) is 53.0 Å². The van der Waals surface area contributed by atoms with Crippen LogP contribution in [0.5, 0.6) is 11.5 Å². The van der Waals surface area contributed by atoms with E-state index in [2.05, 4.69) is 50.0 Å². The molecule has 0 bridgehead atoms. The van der Waals surface area contributed by atoms with Crippen molar-refractivity contribution in [3.63, 3.8) is 0 Å². The average Bonchev–Trinajstić information content (AvgIpc) is 3.52. The SMILES string of the molecule is Cc1cn([C@H]2C[C@H](O[Si](c3ccccc3)(c3ccccc3)C(C)(C)C)[C@@H](CCP(=O)(Oc3ccccc3Cl)Oc3ccccc3Cl)O2)c(=O)[nH]c1=O. The standard InChI is InChI=1S/C39H41Cl2N2O7PSi/c1-27-26-43(38(45)42-37(27)44)36-25-35(50-52(39(2,3)4,28-15-7-5-8-16-28)29-17-9-6-10-18-29)34(47-36)23-24-51(46,48-32-21-13-11-19-30(32)40)49-33-22-14-12-20-31(33)41/h5-22,26,34-36H,23-25H2,1-4H3,(H,42,44,45)/t34-,35+,36-/m1/s1. The lowest BCUT2D eigenvalue weighted by molar-refractivity contribution is -0.0193. The summed E-state index contributed by atoms with van der Waals surface area (Å²) in [5.74, 6) is 0.389. The number of aromatic amines is 1. The molecule has 1 fully saturated rings. The molecule has 5 aromatic rings. The maximum Gasteiger partial charge on any atom is 0.430 e. The summed E-state index contributed by atoms with van der Waals surface area (Å²) in [7, 11) is -7.14. The fraction of sp³-hybridized carbons (Fsp3) is 0.282. The molecule has 1 aliphatic rings. The minimum atomic E-state index is -4.02. The van der Waals surface area contributed by atoms with Gasteiger partial charge < -0.3 is 18.2 Å². The van der Waals surface area contributed by atoms with Gasteiger partial charge in [-0.1, -0.05) is 129 Å². The van der Waals surface area contributed by atoms with Crippen molar-refractivity contribution in [2.24, 2.45) is 0 Å². The van der Waals surface area contributed by atoms with Crippen LogP contribution in [0.1, 0.15) is 45.4 Å². The quantitative estimate of drug-likeness (QED) is 0.101. The predicted molar refractivity (Wildman–Crippen MR) is 208 cm³/mol. The molecule has 0 aliphatic carbocycles. The number of nitrogens with zero attached hydrogens (tertiary/aromatic N) is 1. The average molecular weight is 780 g/mol. The Morgan fingerprint density at radius 1 is 0.827 bits per heavy atom. The fourth-order valence-corrected chi connectivity index (χ4v) is 13.6. The molecular formula is C39H41Cl2N2O7PSi. The first kappa shape index (κ1) is 37.9. The van der Waals surface area contributed by atoms with Crippen LogP contribution in [-0.2, 0) is 13.7 Å². The zero-order valence-corrected chi connectivity index (χ0v) is 32.7. The van der Waals surface area contributed by atoms with Gasteiger partial charge in [0.25, 0.3) is 13.9 Å². The van der Waals surface area contributed by atoms with Gasteiger partial charge in [-0.25, -0.2) is 9.36 Å².